The molecular formula is C11H9ClN2. The van der Waals surface area contributed by atoms with Crippen LogP contribution in [0, 0.1) is 0 Å². The van der Waals surface area contributed by atoms with Gasteiger partial charge in [0.2, 0.25) is 0 Å². The number of nitrogens with zero attached hydrogens (tertiary/aromatic N) is 1. The molecule has 2 nitrogen and oxygen atoms in total. The van der Waals surface area contributed by atoms with E-state index >= 15 is 0 Å². The predicted molar refractivity (Wildman–Crippen MR) is 59.1 cm³/mol. The summed E-state index contributed by atoms with van der Waals surface area (Å²) in [6.45, 7) is 0. The number of nitrogen functional groups attached to an aromatic ring is 1. The molecule has 2 rings (SSSR count). The number of hydrogen-bond acceptors (Lipinski definition) is 2. The van der Waals surface area contributed by atoms with Crippen LogP contribution >= 0.6 is 11.6 Å². The maximum atomic E-state index is 5.84. The summed E-state index contributed by atoms with van der Waals surface area (Å²) in [5, 5.41) is 0.648. The number of hydrogen-bond donors (Lipinski definition) is 1. The molecule has 0 unspecified atom stereocenters. The van der Waals surface area contributed by atoms with Gasteiger partial charge in [-0.1, -0.05) is 23.7 Å². The van der Waals surface area contributed by atoms with Gasteiger partial charge in [-0.2, -0.15) is 0 Å². The molecule has 1 aromatic heterocycles. The normalized spacial score (nSPS) is 10.1. The average molecular weight is 205 g/mol. The second-order valence-corrected chi connectivity index (χ2v) is 3.41. The monoisotopic (exact) mass is 204 g/mol. The zero-order valence-electron chi connectivity index (χ0n) is 7.44. The van der Waals surface area contributed by atoms with Crippen molar-refractivity contribution < 1.29 is 0 Å². The minimum Gasteiger partial charge on any atom is -0.398 e. The highest BCUT2D eigenvalue weighted by atomic mass is 35.5. The molecule has 3 heteroatoms. The number of nitrogens with two attached hydrogens (primary N) is 1. The Kier molecular flexibility index (Phi) is 2.37. The molecule has 1 aromatic carbocycles. The van der Waals surface area contributed by atoms with Gasteiger partial charge in [0.25, 0.3) is 0 Å². The smallest absolute Gasteiger partial charge is 0.0426 e. The van der Waals surface area contributed by atoms with Crippen molar-refractivity contribution in [1.29, 1.82) is 0 Å². The predicted octanol–water partition coefficient (Wildman–Crippen LogP) is 2.98. The first-order valence-electron chi connectivity index (χ1n) is 4.23. The van der Waals surface area contributed by atoms with Gasteiger partial charge in [-0.05, 0) is 18.2 Å². The van der Waals surface area contributed by atoms with Crippen LogP contribution in [0.5, 0.6) is 0 Å². The highest BCUT2D eigenvalue weighted by Crippen LogP contribution is 2.27. The molecule has 0 amide bonds. The van der Waals surface area contributed by atoms with Crippen molar-refractivity contribution in [2.24, 2.45) is 0 Å². The van der Waals surface area contributed by atoms with Gasteiger partial charge in [-0.3, -0.25) is 4.98 Å². The van der Waals surface area contributed by atoms with Crippen molar-refractivity contribution in [3.8, 4) is 11.1 Å². The van der Waals surface area contributed by atoms with Crippen LogP contribution in [0.4, 0.5) is 5.69 Å². The molecule has 0 spiro atoms. The van der Waals surface area contributed by atoms with Crippen LogP contribution in [0.3, 0.4) is 0 Å². The largest absolute Gasteiger partial charge is 0.398 e. The van der Waals surface area contributed by atoms with E-state index in [1.54, 1.807) is 18.5 Å². The summed E-state index contributed by atoms with van der Waals surface area (Å²) >= 11 is 5.81. The van der Waals surface area contributed by atoms with Crippen LogP contribution < -0.4 is 5.73 Å². The molecular weight excluding hydrogens is 196 g/mol. The number of aromatic nitrogens is 1. The maximum Gasteiger partial charge on any atom is 0.0426 e. The Morgan fingerprint density at radius 1 is 1.21 bits per heavy atom. The van der Waals surface area contributed by atoms with Crippen molar-refractivity contribution in [1.82, 2.24) is 4.98 Å². The lowest BCUT2D eigenvalue weighted by atomic mass is 10.1. The fraction of sp³-hybridized carbons (Fsp3) is 0. The molecule has 0 saturated carbocycles. The van der Waals surface area contributed by atoms with Crippen LogP contribution in [0.15, 0.2) is 42.7 Å². The third-order valence-corrected chi connectivity index (χ3v) is 2.22. The minimum atomic E-state index is 0.648. The first-order chi connectivity index (χ1) is 6.77. The molecule has 14 heavy (non-hydrogen) atoms. The van der Waals surface area contributed by atoms with Crippen molar-refractivity contribution in [3.63, 3.8) is 0 Å². The summed E-state index contributed by atoms with van der Waals surface area (Å²) in [4.78, 5) is 4.04. The van der Waals surface area contributed by atoms with Gasteiger partial charge in [0, 0.05) is 34.2 Å². The molecule has 0 radical (unpaired) electrons. The van der Waals surface area contributed by atoms with Crippen LogP contribution in [-0.4, -0.2) is 4.98 Å². The Bertz CT molecular complexity index is 440. The Hall–Kier alpha value is -1.54. The molecule has 2 aromatic rings. The molecule has 1 heterocycles. The fourth-order valence-corrected chi connectivity index (χ4v) is 1.50. The molecule has 0 aliphatic heterocycles. The van der Waals surface area contributed by atoms with Gasteiger partial charge in [0.1, 0.15) is 0 Å². The lowest BCUT2D eigenvalue weighted by Crippen LogP contribution is -1.89. The van der Waals surface area contributed by atoms with E-state index in [9.17, 15) is 0 Å². The van der Waals surface area contributed by atoms with E-state index in [-0.39, 0.29) is 0 Å². The summed E-state index contributed by atoms with van der Waals surface area (Å²) in [7, 11) is 0. The van der Waals surface area contributed by atoms with E-state index in [0.717, 1.165) is 11.1 Å². The summed E-state index contributed by atoms with van der Waals surface area (Å²) in [6.07, 6.45) is 3.51. The molecule has 0 bridgehead atoms. The Morgan fingerprint density at radius 3 is 2.71 bits per heavy atom. The van der Waals surface area contributed by atoms with Crippen molar-refractivity contribution in [2.75, 3.05) is 5.73 Å². The lowest BCUT2D eigenvalue weighted by Gasteiger charge is -2.04. The van der Waals surface area contributed by atoms with E-state index in [4.69, 9.17) is 17.3 Å². The second-order valence-electron chi connectivity index (χ2n) is 2.97. The van der Waals surface area contributed by atoms with Gasteiger partial charge in [0.15, 0.2) is 0 Å². The van der Waals surface area contributed by atoms with E-state index in [0.29, 0.717) is 10.7 Å². The maximum absolute atomic E-state index is 5.84. The van der Waals surface area contributed by atoms with Crippen LogP contribution in [0.2, 0.25) is 5.02 Å². The average Bonchev–Trinajstić information content (AvgIpc) is 2.19. The van der Waals surface area contributed by atoms with E-state index in [1.807, 2.05) is 24.3 Å². The molecule has 2 N–H and O–H groups in total. The second kappa shape index (κ2) is 3.68. The van der Waals surface area contributed by atoms with Crippen LogP contribution in [0.1, 0.15) is 0 Å². The van der Waals surface area contributed by atoms with Crippen molar-refractivity contribution in [3.05, 3.63) is 47.7 Å². The third-order valence-electron chi connectivity index (χ3n) is 1.99. The topological polar surface area (TPSA) is 38.9 Å². The molecule has 0 fully saturated rings. The molecule has 0 aliphatic carbocycles. The lowest BCUT2D eigenvalue weighted by molar-refractivity contribution is 1.33. The van der Waals surface area contributed by atoms with Gasteiger partial charge in [-0.25, -0.2) is 0 Å². The SMILES string of the molecule is Nc1cc(Cl)ccc1-c1cccnc1. The number of anilines is 1. The molecule has 70 valence electrons. The van der Waals surface area contributed by atoms with Crippen LogP contribution in [-0.2, 0) is 0 Å². The summed E-state index contributed by atoms with van der Waals surface area (Å²) < 4.78 is 0. The number of benzene rings is 1. The van der Waals surface area contributed by atoms with Crippen molar-refractivity contribution in [2.45, 2.75) is 0 Å². The zero-order chi connectivity index (χ0) is 9.97. The summed E-state index contributed by atoms with van der Waals surface area (Å²) in [5.74, 6) is 0. The Balaban J connectivity index is 2.53. The molecule has 0 aliphatic rings. The van der Waals surface area contributed by atoms with E-state index in [2.05, 4.69) is 4.98 Å². The zero-order valence-corrected chi connectivity index (χ0v) is 8.20. The molecule has 0 saturated heterocycles. The number of pyridine rings is 1. The molecule has 0 atom stereocenters. The Labute approximate surface area is 87.4 Å². The fourth-order valence-electron chi connectivity index (χ4n) is 1.32. The minimum absolute atomic E-state index is 0.648. The summed E-state index contributed by atoms with van der Waals surface area (Å²) in [6, 6.07) is 9.30. The van der Waals surface area contributed by atoms with Gasteiger partial charge in [0.05, 0.1) is 0 Å². The summed E-state index contributed by atoms with van der Waals surface area (Å²) in [5.41, 5.74) is 8.48. The van der Waals surface area contributed by atoms with E-state index < -0.39 is 0 Å². The van der Waals surface area contributed by atoms with Crippen LogP contribution in [0.25, 0.3) is 11.1 Å². The number of halogens is 1. The standard InChI is InChI=1S/C11H9ClN2/c12-9-3-4-10(11(13)6-9)8-2-1-5-14-7-8/h1-7H,13H2. The van der Waals surface area contributed by atoms with E-state index in [1.165, 1.54) is 0 Å². The van der Waals surface area contributed by atoms with Gasteiger partial charge in [-0.15, -0.1) is 0 Å². The first kappa shape index (κ1) is 9.03. The Morgan fingerprint density at radius 2 is 2.07 bits per heavy atom. The van der Waals surface area contributed by atoms with Gasteiger partial charge < -0.3 is 5.73 Å². The quantitative estimate of drug-likeness (QED) is 0.726. The highest BCUT2D eigenvalue weighted by Gasteiger charge is 2.02. The number of rotatable bonds is 1. The highest BCUT2D eigenvalue weighted by molar-refractivity contribution is 6.31. The van der Waals surface area contributed by atoms with Crippen molar-refractivity contribution >= 4 is 17.3 Å². The first-order valence-corrected chi connectivity index (χ1v) is 4.60. The van der Waals surface area contributed by atoms with Gasteiger partial charge >= 0.3 is 0 Å². The third kappa shape index (κ3) is 1.70.